The van der Waals surface area contributed by atoms with E-state index >= 15 is 0 Å². The summed E-state index contributed by atoms with van der Waals surface area (Å²) in [6, 6.07) is 2.47. The van der Waals surface area contributed by atoms with E-state index < -0.39 is 0 Å². The highest BCUT2D eigenvalue weighted by atomic mass is 15.1. The minimum atomic E-state index is 0.339. The molecule has 0 amide bonds. The van der Waals surface area contributed by atoms with Crippen LogP contribution in [0.5, 0.6) is 0 Å². The van der Waals surface area contributed by atoms with Gasteiger partial charge in [0.15, 0.2) is 0 Å². The number of rotatable bonds is 7. The molecule has 0 fully saturated rings. The quantitative estimate of drug-likeness (QED) is 0.776. The van der Waals surface area contributed by atoms with Gasteiger partial charge in [0.05, 0.1) is 0 Å². The molecule has 4 nitrogen and oxygen atoms in total. The second-order valence-electron chi connectivity index (χ2n) is 4.84. The van der Waals surface area contributed by atoms with Crippen LogP contribution in [0, 0.1) is 0 Å². The van der Waals surface area contributed by atoms with Crippen molar-refractivity contribution in [1.82, 2.24) is 9.97 Å². The molecule has 1 rings (SSSR count). The van der Waals surface area contributed by atoms with Gasteiger partial charge in [0.1, 0.15) is 17.5 Å². The summed E-state index contributed by atoms with van der Waals surface area (Å²) in [6.45, 7) is 11.6. The van der Waals surface area contributed by atoms with E-state index in [1.807, 2.05) is 6.07 Å². The lowest BCUT2D eigenvalue weighted by Gasteiger charge is -2.17. The van der Waals surface area contributed by atoms with Gasteiger partial charge < -0.3 is 10.6 Å². The van der Waals surface area contributed by atoms with Crippen LogP contribution in [-0.2, 0) is 0 Å². The first-order valence-electron chi connectivity index (χ1n) is 7.00. The number of nitrogens with one attached hydrogen (secondary N) is 2. The highest BCUT2D eigenvalue weighted by molar-refractivity contribution is 5.48. The highest BCUT2D eigenvalue weighted by Crippen LogP contribution is 2.18. The molecule has 1 aromatic heterocycles. The smallest absolute Gasteiger partial charge is 0.135 e. The van der Waals surface area contributed by atoms with Gasteiger partial charge in [0, 0.05) is 24.6 Å². The Kier molecular flexibility index (Phi) is 5.89. The summed E-state index contributed by atoms with van der Waals surface area (Å²) in [5, 5.41) is 6.74. The first-order valence-corrected chi connectivity index (χ1v) is 7.00. The van der Waals surface area contributed by atoms with Crippen LogP contribution in [0.4, 0.5) is 11.6 Å². The van der Waals surface area contributed by atoms with E-state index in [2.05, 4.69) is 55.2 Å². The van der Waals surface area contributed by atoms with Crippen LogP contribution in [0.15, 0.2) is 6.07 Å². The fraction of sp³-hybridized carbons (Fsp3) is 0.714. The normalized spacial score (nSPS) is 11.1. The molecule has 0 bridgehead atoms. The van der Waals surface area contributed by atoms with Gasteiger partial charge in [-0.1, -0.05) is 27.7 Å². The molecular weight excluding hydrogens is 224 g/mol. The fourth-order valence-electron chi connectivity index (χ4n) is 1.77. The lowest BCUT2D eigenvalue weighted by molar-refractivity contribution is 0.665. The van der Waals surface area contributed by atoms with Crippen LogP contribution in [0.3, 0.4) is 0 Å². The summed E-state index contributed by atoms with van der Waals surface area (Å²) < 4.78 is 0. The number of hydrogen-bond donors (Lipinski definition) is 2. The first-order chi connectivity index (χ1) is 8.60. The standard InChI is InChI=1S/C14H26N4/c1-6-11(7-2)16-13-9-12(15-8-3)17-14(18-13)10(4)5/h9-11H,6-8H2,1-5H3,(H2,15,16,17,18). The van der Waals surface area contributed by atoms with Gasteiger partial charge in [0.2, 0.25) is 0 Å². The zero-order valence-corrected chi connectivity index (χ0v) is 12.2. The molecule has 0 radical (unpaired) electrons. The Morgan fingerprint density at radius 2 is 1.67 bits per heavy atom. The first kappa shape index (κ1) is 14.7. The Hall–Kier alpha value is -1.32. The molecule has 0 aliphatic rings. The number of aromatic nitrogens is 2. The molecule has 4 heteroatoms. The van der Waals surface area contributed by atoms with Gasteiger partial charge in [-0.25, -0.2) is 9.97 Å². The second-order valence-corrected chi connectivity index (χ2v) is 4.84. The van der Waals surface area contributed by atoms with Gasteiger partial charge in [-0.2, -0.15) is 0 Å². The lowest BCUT2D eigenvalue weighted by Crippen LogP contribution is -2.19. The van der Waals surface area contributed by atoms with Gasteiger partial charge in [-0.3, -0.25) is 0 Å². The molecule has 0 saturated carbocycles. The third kappa shape index (κ3) is 4.17. The average molecular weight is 250 g/mol. The minimum Gasteiger partial charge on any atom is -0.370 e. The van der Waals surface area contributed by atoms with Gasteiger partial charge >= 0.3 is 0 Å². The van der Waals surface area contributed by atoms with Crippen molar-refractivity contribution < 1.29 is 0 Å². The van der Waals surface area contributed by atoms with E-state index in [-0.39, 0.29) is 0 Å². The van der Waals surface area contributed by atoms with E-state index in [9.17, 15) is 0 Å². The maximum absolute atomic E-state index is 4.59. The largest absolute Gasteiger partial charge is 0.370 e. The van der Waals surface area contributed by atoms with E-state index in [1.54, 1.807) is 0 Å². The summed E-state index contributed by atoms with van der Waals surface area (Å²) in [4.78, 5) is 9.11. The maximum atomic E-state index is 4.59. The molecule has 102 valence electrons. The van der Waals surface area contributed by atoms with E-state index in [1.165, 1.54) is 0 Å². The van der Waals surface area contributed by atoms with Crippen LogP contribution in [0.2, 0.25) is 0 Å². The molecule has 1 heterocycles. The van der Waals surface area contributed by atoms with Crippen LogP contribution >= 0.6 is 0 Å². The molecule has 2 N–H and O–H groups in total. The monoisotopic (exact) mass is 250 g/mol. The zero-order chi connectivity index (χ0) is 13.5. The van der Waals surface area contributed by atoms with Crippen LogP contribution < -0.4 is 10.6 Å². The van der Waals surface area contributed by atoms with Crippen LogP contribution in [0.1, 0.15) is 59.2 Å². The Labute approximate surface area is 111 Å². The summed E-state index contributed by atoms with van der Waals surface area (Å²) in [6.07, 6.45) is 2.21. The predicted octanol–water partition coefficient (Wildman–Crippen LogP) is 3.63. The number of hydrogen-bond acceptors (Lipinski definition) is 4. The predicted molar refractivity (Wildman–Crippen MR) is 78.3 cm³/mol. The van der Waals surface area contributed by atoms with E-state index in [4.69, 9.17) is 0 Å². The molecule has 18 heavy (non-hydrogen) atoms. The topological polar surface area (TPSA) is 49.8 Å². The molecule has 0 aliphatic heterocycles. The van der Waals surface area contributed by atoms with Gasteiger partial charge in [-0.15, -0.1) is 0 Å². The summed E-state index contributed by atoms with van der Waals surface area (Å²) in [5.41, 5.74) is 0. The van der Waals surface area contributed by atoms with E-state index in [0.29, 0.717) is 12.0 Å². The summed E-state index contributed by atoms with van der Waals surface area (Å²) in [5.74, 6) is 3.07. The molecule has 0 atom stereocenters. The third-order valence-corrected chi connectivity index (χ3v) is 2.96. The number of anilines is 2. The molecule has 0 unspecified atom stereocenters. The lowest BCUT2D eigenvalue weighted by atomic mass is 10.1. The number of nitrogens with zero attached hydrogens (tertiary/aromatic N) is 2. The van der Waals surface area contributed by atoms with Crippen molar-refractivity contribution >= 4 is 11.6 Å². The van der Waals surface area contributed by atoms with Crippen LogP contribution in [-0.4, -0.2) is 22.6 Å². The third-order valence-electron chi connectivity index (χ3n) is 2.96. The Bertz CT molecular complexity index is 359. The van der Waals surface area contributed by atoms with Gasteiger partial charge in [-0.05, 0) is 19.8 Å². The van der Waals surface area contributed by atoms with Crippen LogP contribution in [0.25, 0.3) is 0 Å². The van der Waals surface area contributed by atoms with Gasteiger partial charge in [0.25, 0.3) is 0 Å². The summed E-state index contributed by atoms with van der Waals surface area (Å²) in [7, 11) is 0. The van der Waals surface area contributed by atoms with Crippen molar-refractivity contribution in [2.75, 3.05) is 17.2 Å². The van der Waals surface area contributed by atoms with Crippen molar-refractivity contribution in [3.05, 3.63) is 11.9 Å². The maximum Gasteiger partial charge on any atom is 0.135 e. The fourth-order valence-corrected chi connectivity index (χ4v) is 1.77. The Morgan fingerprint density at radius 3 is 2.17 bits per heavy atom. The SMILES string of the molecule is CCNc1cc(NC(CC)CC)nc(C(C)C)n1. The Balaban J connectivity index is 2.95. The minimum absolute atomic E-state index is 0.339. The molecule has 0 aromatic carbocycles. The van der Waals surface area contributed by atoms with Crippen molar-refractivity contribution in [1.29, 1.82) is 0 Å². The molecule has 1 aromatic rings. The van der Waals surface area contributed by atoms with Crippen molar-refractivity contribution in [3.63, 3.8) is 0 Å². The molecule has 0 spiro atoms. The zero-order valence-electron chi connectivity index (χ0n) is 12.2. The van der Waals surface area contributed by atoms with E-state index in [0.717, 1.165) is 36.8 Å². The molecule has 0 saturated heterocycles. The summed E-state index contributed by atoms with van der Waals surface area (Å²) >= 11 is 0. The highest BCUT2D eigenvalue weighted by Gasteiger charge is 2.10. The van der Waals surface area contributed by atoms with Crippen molar-refractivity contribution in [3.8, 4) is 0 Å². The molecular formula is C14H26N4. The average Bonchev–Trinajstić information content (AvgIpc) is 2.36. The Morgan fingerprint density at radius 1 is 1.06 bits per heavy atom. The van der Waals surface area contributed by atoms with Crippen molar-refractivity contribution in [2.24, 2.45) is 0 Å². The second kappa shape index (κ2) is 7.19. The van der Waals surface area contributed by atoms with Crippen molar-refractivity contribution in [2.45, 2.75) is 59.4 Å². The molecule has 0 aliphatic carbocycles.